The molecular weight excluding hydrogens is 199 g/mol. The molecule has 0 amide bonds. The van der Waals surface area contributed by atoms with Crippen molar-refractivity contribution in [2.45, 2.75) is 0 Å². The second-order valence-electron chi connectivity index (χ2n) is 2.18. The number of rotatable bonds is 7. The molecule has 0 aromatic heterocycles. The van der Waals surface area contributed by atoms with Gasteiger partial charge in [0.05, 0.1) is 0 Å². The summed E-state index contributed by atoms with van der Waals surface area (Å²) in [6, 6.07) is 0. The number of likely N-dealkylation sites (N-methyl/N-ethyl adjacent to an activating group) is 1. The van der Waals surface area contributed by atoms with Crippen molar-refractivity contribution in [3.05, 3.63) is 0 Å². The Morgan fingerprint density at radius 2 is 2.00 bits per heavy atom. The second-order valence-corrected chi connectivity index (χ2v) is 6.03. The molecule has 0 aliphatic rings. The van der Waals surface area contributed by atoms with E-state index in [9.17, 15) is 4.57 Å². The van der Waals surface area contributed by atoms with Crippen molar-refractivity contribution in [3.63, 3.8) is 0 Å². The van der Waals surface area contributed by atoms with Gasteiger partial charge in [-0.1, -0.05) is 0 Å². The lowest BCUT2D eigenvalue weighted by Crippen LogP contribution is -2.26. The zero-order chi connectivity index (χ0) is 9.45. The molecule has 0 heterocycles. The van der Waals surface area contributed by atoms with E-state index in [2.05, 4.69) is 10.6 Å². The Kier molecular flexibility index (Phi) is 7.13. The van der Waals surface area contributed by atoms with Crippen LogP contribution in [-0.2, 0) is 4.57 Å². The van der Waals surface area contributed by atoms with Gasteiger partial charge in [-0.2, -0.15) is 0 Å². The SMILES string of the molecule is CNCCNCCSP(=O)(O)O. The Hall–Kier alpha value is 0.420. The summed E-state index contributed by atoms with van der Waals surface area (Å²) >= 11 is 0.675. The zero-order valence-corrected chi connectivity index (χ0v) is 8.70. The molecule has 0 saturated heterocycles. The highest BCUT2D eigenvalue weighted by molar-refractivity contribution is 8.54. The lowest BCUT2D eigenvalue weighted by atomic mass is 10.6. The predicted molar refractivity (Wildman–Crippen MR) is 51.3 cm³/mol. The first-order valence-corrected chi connectivity index (χ1v) is 6.82. The summed E-state index contributed by atoms with van der Waals surface area (Å²) in [6.45, 7) is -1.56. The molecule has 0 aliphatic heterocycles. The van der Waals surface area contributed by atoms with E-state index < -0.39 is 6.80 Å². The average Bonchev–Trinajstić information content (AvgIpc) is 1.94. The van der Waals surface area contributed by atoms with Crippen LogP contribution in [0.5, 0.6) is 0 Å². The van der Waals surface area contributed by atoms with E-state index in [4.69, 9.17) is 9.79 Å². The molecule has 4 N–H and O–H groups in total. The standard InChI is InChI=1S/C5H15N2O3PS/c1-6-2-3-7-4-5-12-11(8,9)10/h6-7H,2-5H2,1H3,(H2,8,9,10). The molecule has 0 bridgehead atoms. The summed E-state index contributed by atoms with van der Waals surface area (Å²) in [5, 5.41) is 5.98. The Morgan fingerprint density at radius 1 is 1.33 bits per heavy atom. The van der Waals surface area contributed by atoms with Crippen LogP contribution in [0.1, 0.15) is 0 Å². The van der Waals surface area contributed by atoms with Gasteiger partial charge in [0.15, 0.2) is 0 Å². The largest absolute Gasteiger partial charge is 0.384 e. The van der Waals surface area contributed by atoms with Crippen molar-refractivity contribution in [2.75, 3.05) is 32.4 Å². The van der Waals surface area contributed by atoms with Gasteiger partial charge in [-0.25, -0.2) is 4.57 Å². The molecule has 0 saturated carbocycles. The van der Waals surface area contributed by atoms with Crippen molar-refractivity contribution in [2.24, 2.45) is 0 Å². The van der Waals surface area contributed by atoms with E-state index in [1.807, 2.05) is 7.05 Å². The van der Waals surface area contributed by atoms with Gasteiger partial charge in [0.2, 0.25) is 0 Å². The molecule has 12 heavy (non-hydrogen) atoms. The summed E-state index contributed by atoms with van der Waals surface area (Å²) in [5.74, 6) is 0.438. The summed E-state index contributed by atoms with van der Waals surface area (Å²) in [4.78, 5) is 16.9. The highest BCUT2D eigenvalue weighted by Crippen LogP contribution is 2.49. The third kappa shape index (κ3) is 10.4. The quantitative estimate of drug-likeness (QED) is 0.342. The van der Waals surface area contributed by atoms with Crippen LogP contribution in [-0.4, -0.2) is 42.2 Å². The highest BCUT2D eigenvalue weighted by Gasteiger charge is 2.11. The Morgan fingerprint density at radius 3 is 2.50 bits per heavy atom. The van der Waals surface area contributed by atoms with Gasteiger partial charge in [0.1, 0.15) is 0 Å². The highest BCUT2D eigenvalue weighted by atomic mass is 32.7. The Balaban J connectivity index is 3.06. The first-order chi connectivity index (χ1) is 5.56. The Labute approximate surface area is 76.2 Å². The van der Waals surface area contributed by atoms with Gasteiger partial charge in [0, 0.05) is 25.4 Å². The molecule has 0 aliphatic carbocycles. The smallest absolute Gasteiger partial charge is 0.318 e. The molecule has 0 aromatic carbocycles. The van der Waals surface area contributed by atoms with Crippen LogP contribution in [0.4, 0.5) is 0 Å². The van der Waals surface area contributed by atoms with Crippen LogP contribution in [0.25, 0.3) is 0 Å². The first-order valence-electron chi connectivity index (χ1n) is 3.61. The summed E-state index contributed by atoms with van der Waals surface area (Å²) in [7, 11) is 1.85. The molecule has 0 rings (SSSR count). The van der Waals surface area contributed by atoms with Gasteiger partial charge < -0.3 is 20.4 Å². The van der Waals surface area contributed by atoms with Gasteiger partial charge >= 0.3 is 6.80 Å². The number of hydrogen-bond acceptors (Lipinski definition) is 4. The molecule has 0 atom stereocenters. The fraction of sp³-hybridized carbons (Fsp3) is 1.00. The molecule has 0 radical (unpaired) electrons. The zero-order valence-electron chi connectivity index (χ0n) is 6.99. The van der Waals surface area contributed by atoms with E-state index in [1.165, 1.54) is 0 Å². The molecule has 0 fully saturated rings. The molecule has 74 valence electrons. The topological polar surface area (TPSA) is 81.6 Å². The minimum absolute atomic E-state index is 0.438. The van der Waals surface area contributed by atoms with Crippen molar-refractivity contribution < 1.29 is 14.4 Å². The second kappa shape index (κ2) is 6.88. The lowest BCUT2D eigenvalue weighted by Gasteiger charge is -2.04. The molecule has 0 unspecified atom stereocenters. The maximum atomic E-state index is 10.3. The van der Waals surface area contributed by atoms with Crippen LogP contribution >= 0.6 is 18.2 Å². The normalized spacial score (nSPS) is 11.9. The monoisotopic (exact) mass is 214 g/mol. The third-order valence-corrected chi connectivity index (χ3v) is 3.37. The van der Waals surface area contributed by atoms with E-state index >= 15 is 0 Å². The predicted octanol–water partition coefficient (Wildman–Crippen LogP) is -0.379. The van der Waals surface area contributed by atoms with E-state index in [0.717, 1.165) is 13.1 Å². The molecule has 5 nitrogen and oxygen atoms in total. The van der Waals surface area contributed by atoms with Crippen LogP contribution in [0.2, 0.25) is 0 Å². The van der Waals surface area contributed by atoms with Crippen molar-refractivity contribution in [1.82, 2.24) is 10.6 Å². The van der Waals surface area contributed by atoms with Crippen LogP contribution in [0, 0.1) is 0 Å². The van der Waals surface area contributed by atoms with Crippen molar-refractivity contribution >= 4 is 18.2 Å². The van der Waals surface area contributed by atoms with Gasteiger partial charge in [0.25, 0.3) is 0 Å². The molecule has 0 spiro atoms. The molecular formula is C5H15N2O3PS. The maximum absolute atomic E-state index is 10.3. The summed E-state index contributed by atoms with van der Waals surface area (Å²) < 4.78 is 10.3. The minimum atomic E-state index is -3.86. The van der Waals surface area contributed by atoms with Gasteiger partial charge in [-0.3, -0.25) is 0 Å². The first kappa shape index (κ1) is 12.4. The van der Waals surface area contributed by atoms with Crippen molar-refractivity contribution in [3.8, 4) is 0 Å². The van der Waals surface area contributed by atoms with Gasteiger partial charge in [-0.15, -0.1) is 0 Å². The summed E-state index contributed by atoms with van der Waals surface area (Å²) in [5.41, 5.74) is 0. The van der Waals surface area contributed by atoms with Crippen molar-refractivity contribution in [1.29, 1.82) is 0 Å². The molecule has 7 heteroatoms. The fourth-order valence-corrected chi connectivity index (χ4v) is 2.04. The van der Waals surface area contributed by atoms with Crippen LogP contribution in [0.3, 0.4) is 0 Å². The fourth-order valence-electron chi connectivity index (χ4n) is 0.575. The van der Waals surface area contributed by atoms with E-state index in [0.29, 0.717) is 23.7 Å². The van der Waals surface area contributed by atoms with Gasteiger partial charge in [-0.05, 0) is 18.4 Å². The van der Waals surface area contributed by atoms with Crippen LogP contribution < -0.4 is 10.6 Å². The van der Waals surface area contributed by atoms with E-state index in [1.54, 1.807) is 0 Å². The Bertz CT molecular complexity index is 152. The summed E-state index contributed by atoms with van der Waals surface area (Å²) in [6.07, 6.45) is 0. The third-order valence-electron chi connectivity index (χ3n) is 1.09. The lowest BCUT2D eigenvalue weighted by molar-refractivity contribution is 0.397. The number of hydrogen-bond donors (Lipinski definition) is 4. The average molecular weight is 214 g/mol. The number of nitrogens with one attached hydrogen (secondary N) is 2. The molecule has 0 aromatic rings. The van der Waals surface area contributed by atoms with E-state index in [-0.39, 0.29) is 0 Å². The van der Waals surface area contributed by atoms with Crippen LogP contribution in [0.15, 0.2) is 0 Å². The minimum Gasteiger partial charge on any atom is -0.318 e. The maximum Gasteiger partial charge on any atom is 0.384 e.